The van der Waals surface area contributed by atoms with Gasteiger partial charge in [-0.25, -0.2) is 9.59 Å². The van der Waals surface area contributed by atoms with Crippen LogP contribution >= 0.6 is 11.6 Å². The van der Waals surface area contributed by atoms with E-state index in [4.69, 9.17) is 25.8 Å². The van der Waals surface area contributed by atoms with Crippen LogP contribution in [0.1, 0.15) is 18.5 Å². The van der Waals surface area contributed by atoms with E-state index in [1.165, 1.54) is 0 Å². The Morgan fingerprint density at radius 3 is 2.52 bits per heavy atom. The Morgan fingerprint density at radius 2 is 1.85 bits per heavy atom. The molecule has 2 saturated heterocycles. The van der Waals surface area contributed by atoms with Crippen molar-refractivity contribution in [3.8, 4) is 5.75 Å². The van der Waals surface area contributed by atoms with Crippen molar-refractivity contribution >= 4 is 29.5 Å². The lowest BCUT2D eigenvalue weighted by Crippen LogP contribution is -2.51. The monoisotopic (exact) mass is 473 g/mol. The second-order valence-corrected chi connectivity index (χ2v) is 8.41. The van der Waals surface area contributed by atoms with Crippen LogP contribution in [0.25, 0.3) is 0 Å². The molecular formula is C24H28ClN3O5. The zero-order valence-electron chi connectivity index (χ0n) is 18.8. The van der Waals surface area contributed by atoms with Crippen LogP contribution in [0.5, 0.6) is 5.75 Å². The van der Waals surface area contributed by atoms with Crippen molar-refractivity contribution in [1.82, 2.24) is 9.80 Å². The Kier molecular flexibility index (Phi) is 7.25. The summed E-state index contributed by atoms with van der Waals surface area (Å²) in [6.07, 6.45) is -1.08. The third kappa shape index (κ3) is 5.17. The Balaban J connectivity index is 1.55. The van der Waals surface area contributed by atoms with Crippen molar-refractivity contribution in [1.29, 1.82) is 0 Å². The number of benzene rings is 2. The third-order valence-corrected chi connectivity index (χ3v) is 6.21. The van der Waals surface area contributed by atoms with Gasteiger partial charge in [0.05, 0.1) is 13.7 Å². The van der Waals surface area contributed by atoms with Crippen LogP contribution in [-0.4, -0.2) is 74.5 Å². The van der Waals surface area contributed by atoms with Crippen molar-refractivity contribution in [2.45, 2.75) is 19.1 Å². The fraction of sp³-hybridized carbons (Fsp3) is 0.417. The van der Waals surface area contributed by atoms with Crippen molar-refractivity contribution in [3.63, 3.8) is 0 Å². The second-order valence-electron chi connectivity index (χ2n) is 7.98. The molecule has 176 valence electrons. The molecule has 2 aliphatic rings. The number of nitrogens with zero attached hydrogens (tertiary/aromatic N) is 3. The summed E-state index contributed by atoms with van der Waals surface area (Å²) in [7, 11) is 1.62. The molecule has 0 bridgehead atoms. The molecule has 9 heteroatoms. The molecule has 0 spiro atoms. The predicted octanol–water partition coefficient (Wildman–Crippen LogP) is 4.19. The lowest BCUT2D eigenvalue weighted by Gasteiger charge is -2.36. The average Bonchev–Trinajstić information content (AvgIpc) is 3.15. The van der Waals surface area contributed by atoms with Crippen LogP contribution in [0.15, 0.2) is 48.5 Å². The highest BCUT2D eigenvalue weighted by molar-refractivity contribution is 6.30. The second kappa shape index (κ2) is 10.3. The Bertz CT molecular complexity index is 978. The first-order chi connectivity index (χ1) is 16.0. The van der Waals surface area contributed by atoms with E-state index >= 15 is 0 Å². The molecule has 2 heterocycles. The van der Waals surface area contributed by atoms with E-state index in [0.717, 1.165) is 5.56 Å². The maximum absolute atomic E-state index is 13.0. The zero-order chi connectivity index (χ0) is 23.4. The Labute approximate surface area is 198 Å². The lowest BCUT2D eigenvalue weighted by atomic mass is 9.99. The lowest BCUT2D eigenvalue weighted by molar-refractivity contribution is 0.0561. The maximum atomic E-state index is 13.0. The fourth-order valence-corrected chi connectivity index (χ4v) is 4.43. The molecule has 0 saturated carbocycles. The molecular weight excluding hydrogens is 446 g/mol. The summed E-state index contributed by atoms with van der Waals surface area (Å²) in [4.78, 5) is 30.6. The number of ether oxygens (including phenoxy) is 3. The van der Waals surface area contributed by atoms with E-state index in [1.807, 2.05) is 36.4 Å². The van der Waals surface area contributed by atoms with Gasteiger partial charge in [-0.2, -0.15) is 0 Å². The maximum Gasteiger partial charge on any atom is 0.415 e. The highest BCUT2D eigenvalue weighted by atomic mass is 35.5. The van der Waals surface area contributed by atoms with E-state index < -0.39 is 12.2 Å². The number of carbonyl (C=O) groups excluding carboxylic acids is 2. The van der Waals surface area contributed by atoms with Gasteiger partial charge in [0.15, 0.2) is 0 Å². The molecule has 2 atom stereocenters. The van der Waals surface area contributed by atoms with Crippen molar-refractivity contribution < 1.29 is 23.8 Å². The minimum atomic E-state index is -0.402. The molecule has 0 aromatic heterocycles. The largest absolute Gasteiger partial charge is 0.497 e. The number of halogens is 1. The summed E-state index contributed by atoms with van der Waals surface area (Å²) >= 11 is 6.06. The minimum Gasteiger partial charge on any atom is -0.497 e. The third-order valence-electron chi connectivity index (χ3n) is 5.96. The number of rotatable bonds is 6. The van der Waals surface area contributed by atoms with Crippen LogP contribution in [0, 0.1) is 0 Å². The van der Waals surface area contributed by atoms with Gasteiger partial charge in [0.25, 0.3) is 0 Å². The topological polar surface area (TPSA) is 71.6 Å². The number of carbonyl (C=O) groups is 2. The van der Waals surface area contributed by atoms with Gasteiger partial charge in [-0.05, 0) is 48.9 Å². The summed E-state index contributed by atoms with van der Waals surface area (Å²) in [5, 5.41) is 0.597. The normalized spacial score (nSPS) is 21.1. The SMILES string of the molecule is CCOC(=O)N1CCN(C[C@@H]2OC(=O)N(c3ccc(Cl)cc3)[C@H]2c2cccc(OC)c2)CC1. The molecule has 4 rings (SSSR count). The van der Waals surface area contributed by atoms with Gasteiger partial charge in [0, 0.05) is 43.4 Å². The molecule has 2 aliphatic heterocycles. The molecule has 0 radical (unpaired) electrons. The van der Waals surface area contributed by atoms with E-state index in [1.54, 1.807) is 36.0 Å². The molecule has 0 aliphatic carbocycles. The summed E-state index contributed by atoms with van der Waals surface area (Å²) in [5.74, 6) is 0.713. The van der Waals surface area contributed by atoms with Gasteiger partial charge >= 0.3 is 12.2 Å². The first-order valence-electron chi connectivity index (χ1n) is 11.0. The average molecular weight is 474 g/mol. The van der Waals surface area contributed by atoms with E-state index in [2.05, 4.69) is 4.90 Å². The first-order valence-corrected chi connectivity index (χ1v) is 11.4. The number of hydrogen-bond acceptors (Lipinski definition) is 6. The Hall–Kier alpha value is -2.97. The molecule has 8 nitrogen and oxygen atoms in total. The van der Waals surface area contributed by atoms with Crippen molar-refractivity contribution in [3.05, 3.63) is 59.1 Å². The highest BCUT2D eigenvalue weighted by Gasteiger charge is 2.44. The number of methoxy groups -OCH3 is 1. The zero-order valence-corrected chi connectivity index (χ0v) is 19.5. The summed E-state index contributed by atoms with van der Waals surface area (Å²) < 4.78 is 16.4. The van der Waals surface area contributed by atoms with E-state index in [-0.39, 0.29) is 12.1 Å². The number of cyclic esters (lactones) is 1. The van der Waals surface area contributed by atoms with Crippen molar-refractivity contribution in [2.24, 2.45) is 0 Å². The van der Waals surface area contributed by atoms with Crippen LogP contribution < -0.4 is 9.64 Å². The number of amides is 2. The predicted molar refractivity (Wildman–Crippen MR) is 125 cm³/mol. The quantitative estimate of drug-likeness (QED) is 0.626. The van der Waals surface area contributed by atoms with Gasteiger partial charge in [0.1, 0.15) is 17.9 Å². The Morgan fingerprint density at radius 1 is 1.12 bits per heavy atom. The van der Waals surface area contributed by atoms with Crippen LogP contribution in [0.3, 0.4) is 0 Å². The van der Waals surface area contributed by atoms with Crippen LogP contribution in [-0.2, 0) is 9.47 Å². The molecule has 2 amide bonds. The summed E-state index contributed by atoms with van der Waals surface area (Å²) in [6, 6.07) is 14.5. The first kappa shape index (κ1) is 23.2. The summed E-state index contributed by atoms with van der Waals surface area (Å²) in [5.41, 5.74) is 1.64. The van der Waals surface area contributed by atoms with E-state index in [0.29, 0.717) is 55.8 Å². The van der Waals surface area contributed by atoms with E-state index in [9.17, 15) is 9.59 Å². The van der Waals surface area contributed by atoms with Gasteiger partial charge in [-0.15, -0.1) is 0 Å². The summed E-state index contributed by atoms with van der Waals surface area (Å²) in [6.45, 7) is 5.22. The molecule has 2 aromatic rings. The van der Waals surface area contributed by atoms with Crippen LogP contribution in [0.4, 0.5) is 15.3 Å². The van der Waals surface area contributed by atoms with Crippen LogP contribution in [0.2, 0.25) is 5.02 Å². The highest BCUT2D eigenvalue weighted by Crippen LogP contribution is 2.39. The molecule has 33 heavy (non-hydrogen) atoms. The molecule has 0 N–H and O–H groups in total. The fourth-order valence-electron chi connectivity index (χ4n) is 4.31. The smallest absolute Gasteiger partial charge is 0.415 e. The molecule has 0 unspecified atom stereocenters. The molecule has 2 fully saturated rings. The van der Waals surface area contributed by atoms with Gasteiger partial charge in [-0.1, -0.05) is 23.7 Å². The minimum absolute atomic E-state index is 0.285. The molecule has 2 aromatic carbocycles. The van der Waals surface area contributed by atoms with Gasteiger partial charge < -0.3 is 19.1 Å². The standard InChI is InChI=1S/C24H28ClN3O5/c1-3-32-23(29)27-13-11-26(12-14-27)16-21-22(17-5-4-6-20(15-17)31-2)28(24(30)33-21)19-9-7-18(25)8-10-19/h4-10,15,21-22H,3,11-14,16H2,1-2H3/t21-,22-/m0/s1. The van der Waals surface area contributed by atoms with Gasteiger partial charge in [0.2, 0.25) is 0 Å². The van der Waals surface area contributed by atoms with Gasteiger partial charge in [-0.3, -0.25) is 9.80 Å². The van der Waals surface area contributed by atoms with Crippen molar-refractivity contribution in [2.75, 3.05) is 51.3 Å². The number of anilines is 1. The number of hydrogen-bond donors (Lipinski definition) is 0. The number of piperazine rings is 1.